The van der Waals surface area contributed by atoms with Gasteiger partial charge in [0.2, 0.25) is 0 Å². The summed E-state index contributed by atoms with van der Waals surface area (Å²) < 4.78 is 10.0. The van der Waals surface area contributed by atoms with Crippen LogP contribution in [0.1, 0.15) is 0 Å². The van der Waals surface area contributed by atoms with Gasteiger partial charge in [-0.15, -0.1) is 12.4 Å². The van der Waals surface area contributed by atoms with Gasteiger partial charge in [-0.25, -0.2) is 0 Å². The Hall–Kier alpha value is -1.53. The first-order valence-corrected chi connectivity index (χ1v) is 4.34. The van der Waals surface area contributed by atoms with Crippen LogP contribution in [-0.2, 0) is 0 Å². The maximum atomic E-state index is 10.7. The summed E-state index contributed by atoms with van der Waals surface area (Å²) in [5.41, 5.74) is 5.12. The predicted octanol–water partition coefficient (Wildman–Crippen LogP) is 1.36. The number of benzene rings is 1. The Morgan fingerprint density at radius 1 is 1.50 bits per heavy atom. The number of nitrogens with zero attached hydrogens (tertiary/aromatic N) is 1. The van der Waals surface area contributed by atoms with Crippen molar-refractivity contribution in [2.45, 2.75) is 0 Å². The van der Waals surface area contributed by atoms with Gasteiger partial charge in [0.1, 0.15) is 12.4 Å². The third-order valence-electron chi connectivity index (χ3n) is 1.74. The molecule has 2 N–H and O–H groups in total. The first kappa shape index (κ1) is 14.5. The highest BCUT2D eigenvalue weighted by molar-refractivity contribution is 5.85. The number of ether oxygens (including phenoxy) is 2. The van der Waals surface area contributed by atoms with Crippen LogP contribution in [0.5, 0.6) is 11.5 Å². The molecule has 0 aromatic heterocycles. The van der Waals surface area contributed by atoms with Crippen LogP contribution in [0.15, 0.2) is 18.2 Å². The first-order chi connectivity index (χ1) is 7.19. The molecule has 0 saturated carbocycles. The molecule has 0 aliphatic heterocycles. The largest absolute Gasteiger partial charge is 0.496 e. The van der Waals surface area contributed by atoms with Crippen molar-refractivity contribution in [3.8, 4) is 11.5 Å². The van der Waals surface area contributed by atoms with Gasteiger partial charge < -0.3 is 15.2 Å². The van der Waals surface area contributed by atoms with Crippen LogP contribution >= 0.6 is 12.4 Å². The predicted molar refractivity (Wildman–Crippen MR) is 61.4 cm³/mol. The Bertz CT molecular complexity index is 359. The molecule has 1 aromatic carbocycles. The highest BCUT2D eigenvalue weighted by Crippen LogP contribution is 2.30. The van der Waals surface area contributed by atoms with E-state index in [0.717, 1.165) is 0 Å². The fourth-order valence-corrected chi connectivity index (χ4v) is 1.06. The Labute approximate surface area is 98.9 Å². The summed E-state index contributed by atoms with van der Waals surface area (Å²) in [6.45, 7) is 0.552. The van der Waals surface area contributed by atoms with Crippen molar-refractivity contribution in [1.29, 1.82) is 0 Å². The Morgan fingerprint density at radius 2 is 2.19 bits per heavy atom. The molecule has 0 spiro atoms. The van der Waals surface area contributed by atoms with Crippen molar-refractivity contribution in [2.24, 2.45) is 5.73 Å². The molecule has 0 bridgehead atoms. The van der Waals surface area contributed by atoms with Crippen molar-refractivity contribution in [3.05, 3.63) is 28.3 Å². The minimum Gasteiger partial charge on any atom is -0.496 e. The third-order valence-corrected chi connectivity index (χ3v) is 1.74. The van der Waals surface area contributed by atoms with Gasteiger partial charge in [0.15, 0.2) is 5.75 Å². The quantitative estimate of drug-likeness (QED) is 0.628. The number of nitro benzene ring substituents is 1. The van der Waals surface area contributed by atoms with E-state index in [-0.39, 0.29) is 30.5 Å². The van der Waals surface area contributed by atoms with Crippen LogP contribution in [-0.4, -0.2) is 25.2 Å². The third kappa shape index (κ3) is 3.56. The molecular formula is C9H13ClN2O4. The fraction of sp³-hybridized carbons (Fsp3) is 0.333. The van der Waals surface area contributed by atoms with E-state index < -0.39 is 4.92 Å². The lowest BCUT2D eigenvalue weighted by Crippen LogP contribution is -2.11. The number of rotatable bonds is 5. The normalized spacial score (nSPS) is 9.12. The molecule has 16 heavy (non-hydrogen) atoms. The molecule has 6 nitrogen and oxygen atoms in total. The van der Waals surface area contributed by atoms with Gasteiger partial charge in [0, 0.05) is 6.54 Å². The SMILES string of the molecule is COc1ccc(OCCN)c([N+](=O)[O-])c1.Cl. The summed E-state index contributed by atoms with van der Waals surface area (Å²) in [6.07, 6.45) is 0. The van der Waals surface area contributed by atoms with E-state index >= 15 is 0 Å². The molecule has 0 heterocycles. The molecule has 0 saturated heterocycles. The zero-order valence-corrected chi connectivity index (χ0v) is 9.53. The monoisotopic (exact) mass is 248 g/mol. The van der Waals surface area contributed by atoms with Crippen LogP contribution in [0.4, 0.5) is 5.69 Å². The van der Waals surface area contributed by atoms with E-state index in [1.807, 2.05) is 0 Å². The first-order valence-electron chi connectivity index (χ1n) is 4.34. The highest BCUT2D eigenvalue weighted by Gasteiger charge is 2.15. The van der Waals surface area contributed by atoms with Crippen molar-refractivity contribution in [1.82, 2.24) is 0 Å². The molecule has 0 unspecified atom stereocenters. The Kier molecular flexibility index (Phi) is 6.21. The van der Waals surface area contributed by atoms with Gasteiger partial charge in [-0.2, -0.15) is 0 Å². The minimum absolute atomic E-state index is 0. The lowest BCUT2D eigenvalue weighted by atomic mass is 10.3. The molecule has 0 atom stereocenters. The molecule has 0 radical (unpaired) electrons. The lowest BCUT2D eigenvalue weighted by Gasteiger charge is -2.06. The molecule has 0 aliphatic carbocycles. The van der Waals surface area contributed by atoms with E-state index in [4.69, 9.17) is 15.2 Å². The molecule has 1 rings (SSSR count). The van der Waals surface area contributed by atoms with Crippen molar-refractivity contribution < 1.29 is 14.4 Å². The summed E-state index contributed by atoms with van der Waals surface area (Å²) in [6, 6.07) is 4.40. The number of nitrogens with two attached hydrogens (primary N) is 1. The second-order valence-corrected chi connectivity index (χ2v) is 2.73. The van der Waals surface area contributed by atoms with Gasteiger partial charge >= 0.3 is 5.69 Å². The topological polar surface area (TPSA) is 87.6 Å². The average molecular weight is 249 g/mol. The van der Waals surface area contributed by atoms with Crippen molar-refractivity contribution in [2.75, 3.05) is 20.3 Å². The van der Waals surface area contributed by atoms with Crippen molar-refractivity contribution in [3.63, 3.8) is 0 Å². The summed E-state index contributed by atoms with van der Waals surface area (Å²) in [4.78, 5) is 10.2. The lowest BCUT2D eigenvalue weighted by molar-refractivity contribution is -0.385. The smallest absolute Gasteiger partial charge is 0.314 e. The molecular weight excluding hydrogens is 236 g/mol. The number of hydrogen-bond acceptors (Lipinski definition) is 5. The average Bonchev–Trinajstić information content (AvgIpc) is 2.26. The summed E-state index contributed by atoms with van der Waals surface area (Å²) >= 11 is 0. The van der Waals surface area contributed by atoms with Crippen LogP contribution in [0, 0.1) is 10.1 Å². The summed E-state index contributed by atoms with van der Waals surface area (Å²) in [7, 11) is 1.44. The number of halogens is 1. The molecule has 0 fully saturated rings. The van der Waals surface area contributed by atoms with E-state index in [1.165, 1.54) is 19.2 Å². The molecule has 90 valence electrons. The van der Waals surface area contributed by atoms with Crippen LogP contribution in [0.2, 0.25) is 0 Å². The molecule has 1 aromatic rings. The highest BCUT2D eigenvalue weighted by atomic mass is 35.5. The second kappa shape index (κ2) is 6.86. The van der Waals surface area contributed by atoms with Gasteiger partial charge in [-0.05, 0) is 12.1 Å². The van der Waals surface area contributed by atoms with Gasteiger partial charge in [0.25, 0.3) is 0 Å². The molecule has 0 aliphatic rings. The van der Waals surface area contributed by atoms with Crippen molar-refractivity contribution >= 4 is 18.1 Å². The van der Waals surface area contributed by atoms with Gasteiger partial charge in [-0.3, -0.25) is 10.1 Å². The maximum absolute atomic E-state index is 10.7. The van der Waals surface area contributed by atoms with Crippen LogP contribution in [0.3, 0.4) is 0 Å². The minimum atomic E-state index is -0.519. The van der Waals surface area contributed by atoms with Crippen LogP contribution in [0.25, 0.3) is 0 Å². The number of nitro groups is 1. The summed E-state index contributed by atoms with van der Waals surface area (Å²) in [5, 5.41) is 10.7. The zero-order chi connectivity index (χ0) is 11.3. The summed E-state index contributed by atoms with van der Waals surface area (Å²) in [5.74, 6) is 0.619. The Balaban J connectivity index is 0.00000225. The molecule has 7 heteroatoms. The number of methoxy groups -OCH3 is 1. The standard InChI is InChI=1S/C9H12N2O4.ClH/c1-14-7-2-3-9(15-5-4-10)8(6-7)11(12)13;/h2-3,6H,4-5,10H2,1H3;1H. The second-order valence-electron chi connectivity index (χ2n) is 2.73. The zero-order valence-electron chi connectivity index (χ0n) is 8.71. The fourth-order valence-electron chi connectivity index (χ4n) is 1.06. The van der Waals surface area contributed by atoms with E-state index in [0.29, 0.717) is 12.3 Å². The Morgan fingerprint density at radius 3 is 2.69 bits per heavy atom. The van der Waals surface area contributed by atoms with Gasteiger partial charge in [0.05, 0.1) is 18.1 Å². The van der Waals surface area contributed by atoms with Crippen LogP contribution < -0.4 is 15.2 Å². The van der Waals surface area contributed by atoms with Gasteiger partial charge in [-0.1, -0.05) is 0 Å². The van der Waals surface area contributed by atoms with E-state index in [2.05, 4.69) is 0 Å². The van der Waals surface area contributed by atoms with E-state index in [1.54, 1.807) is 6.07 Å². The maximum Gasteiger partial charge on any atom is 0.314 e. The van der Waals surface area contributed by atoms with E-state index in [9.17, 15) is 10.1 Å². The molecule has 0 amide bonds. The number of hydrogen-bond donors (Lipinski definition) is 1.